The summed E-state index contributed by atoms with van der Waals surface area (Å²) in [6, 6.07) is 32.2. The summed E-state index contributed by atoms with van der Waals surface area (Å²) in [4.78, 5) is 0. The fourth-order valence-corrected chi connectivity index (χ4v) is 9.44. The fraction of sp³-hybridized carbons (Fsp3) is 0.220. The summed E-state index contributed by atoms with van der Waals surface area (Å²) in [6.07, 6.45) is 0. The van der Waals surface area contributed by atoms with Gasteiger partial charge >= 0.3 is 0 Å². The molecule has 2 radical (unpaired) electrons. The van der Waals surface area contributed by atoms with Gasteiger partial charge in [0, 0.05) is 20.7 Å². The summed E-state index contributed by atoms with van der Waals surface area (Å²) in [7, 11) is 6.64. The molecule has 3 aliphatic rings. The van der Waals surface area contributed by atoms with Crippen molar-refractivity contribution in [2.45, 2.75) is 57.8 Å². The maximum atomic E-state index is 6.64. The Morgan fingerprint density at radius 2 is 0.814 bits per heavy atom. The maximum absolute atomic E-state index is 6.64. The summed E-state index contributed by atoms with van der Waals surface area (Å²) in [5, 5.41) is 5.01. The van der Waals surface area contributed by atoms with Gasteiger partial charge in [-0.25, -0.2) is 0 Å². The molecule has 0 spiro atoms. The summed E-state index contributed by atoms with van der Waals surface area (Å²) < 4.78 is 1.17. The van der Waals surface area contributed by atoms with Crippen LogP contribution in [0.2, 0.25) is 0 Å². The second-order valence-corrected chi connectivity index (χ2v) is 15.4. The number of halogens is 1. The second kappa shape index (κ2) is 7.90. The van der Waals surface area contributed by atoms with Crippen LogP contribution in [0.4, 0.5) is 0 Å². The van der Waals surface area contributed by atoms with Crippen LogP contribution in [0.1, 0.15) is 74.9 Å². The molecule has 0 fully saturated rings. The van der Waals surface area contributed by atoms with Crippen LogP contribution in [-0.4, -0.2) is 7.85 Å². The Hall–Kier alpha value is -3.62. The van der Waals surface area contributed by atoms with E-state index in [4.69, 9.17) is 7.85 Å². The van der Waals surface area contributed by atoms with E-state index >= 15 is 0 Å². The van der Waals surface area contributed by atoms with E-state index in [-0.39, 0.29) is 16.2 Å². The zero-order valence-corrected chi connectivity index (χ0v) is 27.1. The minimum Gasteiger partial charge on any atom is -0.0886 e. The van der Waals surface area contributed by atoms with E-state index in [0.29, 0.717) is 0 Å². The van der Waals surface area contributed by atoms with Crippen LogP contribution in [0.5, 0.6) is 0 Å². The molecule has 43 heavy (non-hydrogen) atoms. The molecule has 0 N–H and O–H groups in total. The van der Waals surface area contributed by atoms with Gasteiger partial charge in [-0.3, -0.25) is 0 Å². The Morgan fingerprint density at radius 1 is 0.442 bits per heavy atom. The third-order valence-electron chi connectivity index (χ3n) is 11.3. The largest absolute Gasteiger partial charge is 0.114 e. The van der Waals surface area contributed by atoms with Crippen LogP contribution >= 0.6 is 15.9 Å². The van der Waals surface area contributed by atoms with Gasteiger partial charge in [0.2, 0.25) is 0 Å². The molecule has 206 valence electrons. The van der Waals surface area contributed by atoms with Crippen molar-refractivity contribution in [3.8, 4) is 33.4 Å². The third kappa shape index (κ3) is 2.99. The quantitative estimate of drug-likeness (QED) is 0.149. The highest BCUT2D eigenvalue weighted by atomic mass is 79.9. The van der Waals surface area contributed by atoms with Gasteiger partial charge in [0.25, 0.3) is 0 Å². The van der Waals surface area contributed by atoms with Crippen LogP contribution in [-0.2, 0) is 16.2 Å². The molecule has 0 aromatic heterocycles. The molecule has 0 heterocycles. The van der Waals surface area contributed by atoms with Crippen LogP contribution < -0.4 is 5.46 Å². The lowest BCUT2D eigenvalue weighted by Gasteiger charge is -2.25. The van der Waals surface area contributed by atoms with Gasteiger partial charge in [-0.05, 0) is 119 Å². The van der Waals surface area contributed by atoms with E-state index in [2.05, 4.69) is 142 Å². The number of hydrogen-bond donors (Lipinski definition) is 0. The summed E-state index contributed by atoms with van der Waals surface area (Å²) in [5.41, 5.74) is 17.2. The van der Waals surface area contributed by atoms with Crippen molar-refractivity contribution in [1.82, 2.24) is 0 Å². The first-order valence-electron chi connectivity index (χ1n) is 15.3. The monoisotopic (exact) mass is 614 g/mol. The summed E-state index contributed by atoms with van der Waals surface area (Å²) in [6.45, 7) is 14.3. The van der Waals surface area contributed by atoms with Crippen molar-refractivity contribution in [2.75, 3.05) is 0 Å². The van der Waals surface area contributed by atoms with E-state index in [1.54, 1.807) is 0 Å². The van der Waals surface area contributed by atoms with Crippen LogP contribution in [0.15, 0.2) is 89.4 Å². The molecule has 0 nitrogen and oxygen atoms in total. The normalized spacial score (nSPS) is 17.4. The molecule has 0 bridgehead atoms. The molecule has 0 aliphatic heterocycles. The molecule has 0 unspecified atom stereocenters. The van der Waals surface area contributed by atoms with E-state index < -0.39 is 0 Å². The Balaban J connectivity index is 1.33. The smallest absolute Gasteiger partial charge is 0.0886 e. The first-order chi connectivity index (χ1) is 20.4. The van der Waals surface area contributed by atoms with Crippen molar-refractivity contribution in [3.05, 3.63) is 123 Å². The van der Waals surface area contributed by atoms with Gasteiger partial charge in [0.1, 0.15) is 7.85 Å². The van der Waals surface area contributed by atoms with Gasteiger partial charge in [0.05, 0.1) is 0 Å². The third-order valence-corrected chi connectivity index (χ3v) is 11.9. The van der Waals surface area contributed by atoms with Crippen molar-refractivity contribution < 1.29 is 0 Å². The molecule has 0 saturated carbocycles. The molecular weight excluding hydrogens is 583 g/mol. The van der Waals surface area contributed by atoms with Crippen molar-refractivity contribution in [3.63, 3.8) is 0 Å². The van der Waals surface area contributed by atoms with Gasteiger partial charge in [-0.15, -0.1) is 0 Å². The zero-order valence-electron chi connectivity index (χ0n) is 25.5. The first kappa shape index (κ1) is 25.8. The van der Waals surface area contributed by atoms with Crippen molar-refractivity contribution >= 4 is 50.8 Å². The minimum atomic E-state index is -0.137. The average Bonchev–Trinajstić information content (AvgIpc) is 3.44. The molecule has 6 aromatic rings. The summed E-state index contributed by atoms with van der Waals surface area (Å²) in [5.74, 6) is 0. The number of rotatable bonds is 0. The number of fused-ring (bicyclic) bond motifs is 13. The van der Waals surface area contributed by atoms with E-state index in [1.807, 2.05) is 0 Å². The topological polar surface area (TPSA) is 0 Å². The minimum absolute atomic E-state index is 0.0954. The van der Waals surface area contributed by atoms with Gasteiger partial charge in [-0.2, -0.15) is 0 Å². The van der Waals surface area contributed by atoms with Crippen LogP contribution in [0, 0.1) is 0 Å². The first-order valence-corrected chi connectivity index (χ1v) is 16.1. The van der Waals surface area contributed by atoms with E-state index in [0.717, 1.165) is 10.8 Å². The predicted molar refractivity (Wildman–Crippen MR) is 187 cm³/mol. The van der Waals surface area contributed by atoms with Gasteiger partial charge in [-0.1, -0.05) is 118 Å². The Morgan fingerprint density at radius 3 is 1.35 bits per heavy atom. The molecule has 3 aliphatic carbocycles. The Labute approximate surface area is 263 Å². The lowest BCUT2D eigenvalue weighted by molar-refractivity contribution is 0.649. The molecule has 6 aromatic carbocycles. The fourth-order valence-electron chi connectivity index (χ4n) is 8.86. The lowest BCUT2D eigenvalue weighted by Crippen LogP contribution is -2.18. The van der Waals surface area contributed by atoms with Crippen LogP contribution in [0.3, 0.4) is 0 Å². The van der Waals surface area contributed by atoms with Crippen LogP contribution in [0.25, 0.3) is 54.9 Å². The molecule has 9 rings (SSSR count). The van der Waals surface area contributed by atoms with Gasteiger partial charge < -0.3 is 0 Å². The number of benzene rings is 6. The highest BCUT2D eigenvalue weighted by molar-refractivity contribution is 9.10. The molecule has 0 amide bonds. The zero-order chi connectivity index (χ0) is 29.8. The average molecular weight is 615 g/mol. The SMILES string of the molecule is [B]c1cc2c(c3ccccc13)-c1cc3c(cc1C2(C)C)-c1cc2c(cc1C3(C)C)-c1c(cc(Br)c3ccccc13)C2(C)C. The van der Waals surface area contributed by atoms with Gasteiger partial charge in [0.15, 0.2) is 0 Å². The molecule has 0 saturated heterocycles. The molecular formula is C41H32BBr. The standard InChI is InChI=1S/C41H32BBr/c1-39(2)29-17-27-31(40(3,4)33-19-35(42)21-11-7-9-13-23(21)37(27)33)15-25(29)26-16-32-28(18-30(26)39)38-24-14-10-8-12-22(24)36(43)20-34(38)41(32,5)6/h7-20H,1-6H3. The molecule has 0 atom stereocenters. The summed E-state index contributed by atoms with van der Waals surface area (Å²) >= 11 is 3.90. The lowest BCUT2D eigenvalue weighted by atomic mass is 9.78. The highest BCUT2D eigenvalue weighted by Gasteiger charge is 2.45. The maximum Gasteiger partial charge on any atom is 0.114 e. The number of hydrogen-bond acceptors (Lipinski definition) is 0. The van der Waals surface area contributed by atoms with Crippen molar-refractivity contribution in [2.24, 2.45) is 0 Å². The second-order valence-electron chi connectivity index (χ2n) is 14.5. The highest BCUT2D eigenvalue weighted by Crippen LogP contribution is 2.60. The Kier molecular flexibility index (Phi) is 4.75. The molecule has 2 heteroatoms. The van der Waals surface area contributed by atoms with E-state index in [9.17, 15) is 0 Å². The predicted octanol–water partition coefficient (Wildman–Crippen LogP) is 10.5. The Bertz CT molecular complexity index is 2120. The van der Waals surface area contributed by atoms with Crippen molar-refractivity contribution in [1.29, 1.82) is 0 Å². The van der Waals surface area contributed by atoms with E-state index in [1.165, 1.54) is 87.4 Å².